The van der Waals surface area contributed by atoms with Crippen molar-refractivity contribution >= 4 is 5.91 Å². The van der Waals surface area contributed by atoms with Gasteiger partial charge in [-0.25, -0.2) is 0 Å². The second-order valence-electron chi connectivity index (χ2n) is 6.56. The Morgan fingerprint density at radius 2 is 1.79 bits per heavy atom. The third-order valence-corrected chi connectivity index (χ3v) is 4.84. The fraction of sp³-hybridized carbons (Fsp3) is 0.350. The lowest BCUT2D eigenvalue weighted by atomic mass is 9.92. The molecule has 2 aromatic carbocycles. The van der Waals surface area contributed by atoms with Gasteiger partial charge in [-0.05, 0) is 36.1 Å². The zero-order valence-corrected chi connectivity index (χ0v) is 14.0. The third kappa shape index (κ3) is 3.66. The molecule has 126 valence electrons. The SMILES string of the molecule is CNC(=O)c1ccc(CNCC2(C(O)c3ccccc3)CC2)cc1. The van der Waals surface area contributed by atoms with Crippen molar-refractivity contribution in [2.24, 2.45) is 5.41 Å². The van der Waals surface area contributed by atoms with Gasteiger partial charge in [0.05, 0.1) is 6.10 Å². The van der Waals surface area contributed by atoms with Crippen LogP contribution in [0.15, 0.2) is 54.6 Å². The van der Waals surface area contributed by atoms with E-state index in [4.69, 9.17) is 0 Å². The summed E-state index contributed by atoms with van der Waals surface area (Å²) in [6.07, 6.45) is 1.68. The van der Waals surface area contributed by atoms with E-state index in [9.17, 15) is 9.90 Å². The van der Waals surface area contributed by atoms with Gasteiger partial charge in [-0.2, -0.15) is 0 Å². The van der Waals surface area contributed by atoms with Crippen molar-refractivity contribution in [2.45, 2.75) is 25.5 Å². The van der Waals surface area contributed by atoms with Crippen LogP contribution in [0.4, 0.5) is 0 Å². The Bertz CT molecular complexity index is 679. The summed E-state index contributed by atoms with van der Waals surface area (Å²) >= 11 is 0. The Morgan fingerprint density at radius 3 is 2.38 bits per heavy atom. The van der Waals surface area contributed by atoms with E-state index in [2.05, 4.69) is 10.6 Å². The van der Waals surface area contributed by atoms with Crippen LogP contribution < -0.4 is 10.6 Å². The molecule has 4 nitrogen and oxygen atoms in total. The highest BCUT2D eigenvalue weighted by Gasteiger charge is 2.48. The van der Waals surface area contributed by atoms with Gasteiger partial charge in [0.15, 0.2) is 0 Å². The fourth-order valence-corrected chi connectivity index (χ4v) is 3.07. The first kappa shape index (κ1) is 16.7. The monoisotopic (exact) mass is 324 g/mol. The normalized spacial score (nSPS) is 16.4. The van der Waals surface area contributed by atoms with E-state index < -0.39 is 6.10 Å². The van der Waals surface area contributed by atoms with Crippen molar-refractivity contribution in [1.82, 2.24) is 10.6 Å². The van der Waals surface area contributed by atoms with E-state index in [0.717, 1.165) is 37.1 Å². The van der Waals surface area contributed by atoms with Crippen LogP contribution in [0.1, 0.15) is 40.4 Å². The standard InChI is InChI=1S/C20H24N2O2/c1-21-19(24)17-9-7-15(8-10-17)13-22-14-20(11-12-20)18(23)16-5-3-2-4-6-16/h2-10,18,22-23H,11-14H2,1H3,(H,21,24). The molecule has 3 rings (SSSR count). The number of aliphatic hydroxyl groups is 1. The average molecular weight is 324 g/mol. The highest BCUT2D eigenvalue weighted by atomic mass is 16.3. The van der Waals surface area contributed by atoms with Gasteiger partial charge in [0.2, 0.25) is 0 Å². The number of hydrogen-bond donors (Lipinski definition) is 3. The van der Waals surface area contributed by atoms with Crippen LogP contribution in [0.3, 0.4) is 0 Å². The molecule has 24 heavy (non-hydrogen) atoms. The molecule has 0 heterocycles. The first-order valence-electron chi connectivity index (χ1n) is 8.39. The summed E-state index contributed by atoms with van der Waals surface area (Å²) in [7, 11) is 1.63. The Morgan fingerprint density at radius 1 is 1.12 bits per heavy atom. The van der Waals surface area contributed by atoms with Crippen molar-refractivity contribution in [3.63, 3.8) is 0 Å². The molecule has 1 amide bonds. The Balaban J connectivity index is 1.54. The minimum absolute atomic E-state index is 0.0383. The molecule has 1 atom stereocenters. The lowest BCUT2D eigenvalue weighted by Gasteiger charge is -2.23. The van der Waals surface area contributed by atoms with Crippen LogP contribution >= 0.6 is 0 Å². The highest BCUT2D eigenvalue weighted by molar-refractivity contribution is 5.93. The average Bonchev–Trinajstić information content (AvgIpc) is 3.43. The number of rotatable bonds is 7. The first-order chi connectivity index (χ1) is 11.6. The molecular weight excluding hydrogens is 300 g/mol. The summed E-state index contributed by atoms with van der Waals surface area (Å²) in [6.45, 7) is 1.53. The predicted molar refractivity (Wildman–Crippen MR) is 94.6 cm³/mol. The number of carbonyl (C=O) groups excluding carboxylic acids is 1. The van der Waals surface area contributed by atoms with Crippen LogP contribution in [0.5, 0.6) is 0 Å². The summed E-state index contributed by atoms with van der Waals surface area (Å²) in [4.78, 5) is 11.5. The topological polar surface area (TPSA) is 61.4 Å². The molecule has 3 N–H and O–H groups in total. The number of aliphatic hydroxyl groups excluding tert-OH is 1. The van der Waals surface area contributed by atoms with Crippen LogP contribution in [0, 0.1) is 5.41 Å². The number of hydrogen-bond acceptors (Lipinski definition) is 3. The molecule has 0 saturated heterocycles. The Hall–Kier alpha value is -2.17. The van der Waals surface area contributed by atoms with Gasteiger partial charge in [0.25, 0.3) is 5.91 Å². The van der Waals surface area contributed by atoms with Crippen molar-refractivity contribution in [3.05, 3.63) is 71.3 Å². The fourth-order valence-electron chi connectivity index (χ4n) is 3.07. The number of carbonyl (C=O) groups is 1. The maximum absolute atomic E-state index is 11.5. The van der Waals surface area contributed by atoms with E-state index in [1.807, 2.05) is 54.6 Å². The Labute approximate surface area is 142 Å². The van der Waals surface area contributed by atoms with Gasteiger partial charge in [0.1, 0.15) is 0 Å². The smallest absolute Gasteiger partial charge is 0.251 e. The first-order valence-corrected chi connectivity index (χ1v) is 8.39. The third-order valence-electron chi connectivity index (χ3n) is 4.84. The Kier molecular flexibility index (Phi) is 4.97. The zero-order chi connectivity index (χ0) is 17.0. The summed E-state index contributed by atoms with van der Waals surface area (Å²) in [5.74, 6) is -0.0718. The van der Waals surface area contributed by atoms with Gasteiger partial charge >= 0.3 is 0 Å². The quantitative estimate of drug-likeness (QED) is 0.734. The minimum atomic E-state index is -0.415. The molecule has 1 aliphatic rings. The molecule has 1 fully saturated rings. The van der Waals surface area contributed by atoms with E-state index >= 15 is 0 Å². The minimum Gasteiger partial charge on any atom is -0.388 e. The molecule has 0 aliphatic heterocycles. The van der Waals surface area contributed by atoms with Gasteiger partial charge in [-0.1, -0.05) is 42.5 Å². The number of nitrogens with one attached hydrogen (secondary N) is 2. The maximum atomic E-state index is 11.5. The van der Waals surface area contributed by atoms with Crippen LogP contribution in [-0.4, -0.2) is 24.6 Å². The van der Waals surface area contributed by atoms with E-state index in [0.29, 0.717) is 5.56 Å². The molecule has 0 bridgehead atoms. The lowest BCUT2D eigenvalue weighted by molar-refractivity contribution is 0.0917. The lowest BCUT2D eigenvalue weighted by Crippen LogP contribution is -2.28. The van der Waals surface area contributed by atoms with Gasteiger partial charge in [-0.15, -0.1) is 0 Å². The second-order valence-corrected chi connectivity index (χ2v) is 6.56. The van der Waals surface area contributed by atoms with Gasteiger partial charge < -0.3 is 15.7 Å². The van der Waals surface area contributed by atoms with E-state index in [1.165, 1.54) is 0 Å². The van der Waals surface area contributed by atoms with Gasteiger partial charge in [0, 0.05) is 31.1 Å². The maximum Gasteiger partial charge on any atom is 0.251 e. The molecule has 4 heteroatoms. The summed E-state index contributed by atoms with van der Waals surface area (Å²) < 4.78 is 0. The molecule has 2 aromatic rings. The van der Waals surface area contributed by atoms with Crippen molar-refractivity contribution < 1.29 is 9.90 Å². The molecule has 0 spiro atoms. The summed E-state index contributed by atoms with van der Waals surface area (Å²) in [5.41, 5.74) is 2.75. The van der Waals surface area contributed by atoms with Crippen molar-refractivity contribution in [1.29, 1.82) is 0 Å². The second kappa shape index (κ2) is 7.16. The zero-order valence-electron chi connectivity index (χ0n) is 14.0. The predicted octanol–water partition coefficient (Wildman–Crippen LogP) is 2.65. The van der Waals surface area contributed by atoms with Crippen LogP contribution in [-0.2, 0) is 6.54 Å². The molecule has 1 aliphatic carbocycles. The van der Waals surface area contributed by atoms with E-state index in [-0.39, 0.29) is 11.3 Å². The molecule has 0 aromatic heterocycles. The van der Waals surface area contributed by atoms with Crippen molar-refractivity contribution in [3.8, 4) is 0 Å². The number of benzene rings is 2. The molecule has 1 saturated carbocycles. The van der Waals surface area contributed by atoms with Crippen LogP contribution in [0.25, 0.3) is 0 Å². The summed E-state index contributed by atoms with van der Waals surface area (Å²) in [6, 6.07) is 17.5. The van der Waals surface area contributed by atoms with Gasteiger partial charge in [-0.3, -0.25) is 4.79 Å². The molecular formula is C20H24N2O2. The van der Waals surface area contributed by atoms with E-state index in [1.54, 1.807) is 7.05 Å². The van der Waals surface area contributed by atoms with Crippen LogP contribution in [0.2, 0.25) is 0 Å². The highest BCUT2D eigenvalue weighted by Crippen LogP contribution is 2.54. The summed E-state index contributed by atoms with van der Waals surface area (Å²) in [5, 5.41) is 16.7. The van der Waals surface area contributed by atoms with Crippen molar-refractivity contribution in [2.75, 3.05) is 13.6 Å². The molecule has 1 unspecified atom stereocenters. The number of amides is 1. The largest absolute Gasteiger partial charge is 0.388 e. The molecule has 0 radical (unpaired) electrons.